The maximum Gasteiger partial charge on any atom is 0.298 e. The van der Waals surface area contributed by atoms with Crippen molar-refractivity contribution < 1.29 is 30.5 Å². The average molecular weight is 411 g/mol. The summed E-state index contributed by atoms with van der Waals surface area (Å²) in [6.45, 7) is 0.383. The summed E-state index contributed by atoms with van der Waals surface area (Å²) in [5, 5.41) is 0. The van der Waals surface area contributed by atoms with E-state index in [9.17, 15) is 25.9 Å². The van der Waals surface area contributed by atoms with Gasteiger partial charge < -0.3 is 9.11 Å². The molecule has 1 aromatic heterocycles. The van der Waals surface area contributed by atoms with Crippen LogP contribution in [0.3, 0.4) is 0 Å². The van der Waals surface area contributed by atoms with E-state index in [1.54, 1.807) is 0 Å². The number of thioether (sulfide) groups is 1. The molecule has 0 bridgehead atoms. The van der Waals surface area contributed by atoms with Crippen LogP contribution in [0.1, 0.15) is 12.8 Å². The molecular formula is C13H16NO6S4-. The van der Waals surface area contributed by atoms with Gasteiger partial charge in [-0.05, 0) is 24.2 Å². The van der Waals surface area contributed by atoms with Gasteiger partial charge in [-0.15, -0.1) is 0 Å². The Kier molecular flexibility index (Phi) is 6.62. The molecule has 0 spiro atoms. The van der Waals surface area contributed by atoms with Crippen LogP contribution >= 0.6 is 23.1 Å². The van der Waals surface area contributed by atoms with Crippen molar-refractivity contribution in [3.63, 3.8) is 0 Å². The van der Waals surface area contributed by atoms with Gasteiger partial charge in [-0.1, -0.05) is 23.5 Å². The molecule has 0 unspecified atom stereocenters. The monoisotopic (exact) mass is 410 g/mol. The van der Waals surface area contributed by atoms with Gasteiger partial charge in [0.1, 0.15) is 4.70 Å². The summed E-state index contributed by atoms with van der Waals surface area (Å²) in [6, 6.07) is 7.61. The molecule has 134 valence electrons. The first kappa shape index (κ1) is 19.6. The fourth-order valence-electron chi connectivity index (χ4n) is 2.13. The first-order valence-corrected chi connectivity index (χ1v) is 12.0. The highest BCUT2D eigenvalue weighted by atomic mass is 32.2. The fourth-order valence-corrected chi connectivity index (χ4v) is 5.77. The lowest BCUT2D eigenvalue weighted by Gasteiger charge is -2.06. The van der Waals surface area contributed by atoms with Gasteiger partial charge in [-0.2, -0.15) is 4.57 Å². The second-order valence-corrected chi connectivity index (χ2v) is 10.5. The molecule has 0 fully saturated rings. The van der Waals surface area contributed by atoms with Gasteiger partial charge in [0, 0.05) is 29.7 Å². The molecule has 0 aliphatic carbocycles. The molecule has 0 atom stereocenters. The number of benzene rings is 1. The van der Waals surface area contributed by atoms with Crippen molar-refractivity contribution in [2.75, 3.05) is 17.3 Å². The number of fused-ring (bicyclic) bond motifs is 1. The number of aryl methyl sites for hydroxylation is 1. The molecule has 0 saturated heterocycles. The molecule has 0 aliphatic rings. The molecule has 1 heterocycles. The molecule has 2 rings (SSSR count). The number of para-hydroxylation sites is 1. The summed E-state index contributed by atoms with van der Waals surface area (Å²) >= 11 is 2.93. The van der Waals surface area contributed by atoms with Crippen LogP contribution in [0.5, 0.6) is 0 Å². The largest absolute Gasteiger partial charge is 0.748 e. The first-order chi connectivity index (χ1) is 11.2. The zero-order chi connectivity index (χ0) is 17.8. The molecule has 11 heteroatoms. The Morgan fingerprint density at radius 2 is 1.62 bits per heavy atom. The first-order valence-electron chi connectivity index (χ1n) is 7.07. The Morgan fingerprint density at radius 3 is 2.29 bits per heavy atom. The van der Waals surface area contributed by atoms with Crippen molar-refractivity contribution in [2.45, 2.75) is 23.7 Å². The number of hydrogen-bond acceptors (Lipinski definition) is 8. The van der Waals surface area contributed by atoms with Crippen molar-refractivity contribution in [1.29, 1.82) is 0 Å². The summed E-state index contributed by atoms with van der Waals surface area (Å²) in [6.07, 6.45) is 0.458. The smallest absolute Gasteiger partial charge is 0.298 e. The molecule has 0 aliphatic heterocycles. The molecule has 1 aromatic carbocycles. The van der Waals surface area contributed by atoms with Crippen LogP contribution < -0.4 is 4.57 Å². The predicted octanol–water partition coefficient (Wildman–Crippen LogP) is 1.15. The second kappa shape index (κ2) is 8.11. The van der Waals surface area contributed by atoms with Crippen LogP contribution in [0.2, 0.25) is 0 Å². The number of aromatic nitrogens is 1. The van der Waals surface area contributed by atoms with Crippen LogP contribution in [-0.4, -0.2) is 43.2 Å². The normalized spacial score (nSPS) is 12.8. The number of rotatable bonds is 9. The molecule has 2 aromatic rings. The maximum absolute atomic E-state index is 10.8. The predicted molar refractivity (Wildman–Crippen MR) is 91.1 cm³/mol. The lowest BCUT2D eigenvalue weighted by molar-refractivity contribution is -0.701. The maximum atomic E-state index is 10.8. The van der Waals surface area contributed by atoms with E-state index in [1.165, 1.54) is 23.1 Å². The minimum atomic E-state index is -4.25. The van der Waals surface area contributed by atoms with E-state index in [2.05, 4.69) is 0 Å². The molecule has 0 amide bonds. The van der Waals surface area contributed by atoms with Crippen molar-refractivity contribution in [3.05, 3.63) is 24.3 Å². The lowest BCUT2D eigenvalue weighted by atomic mass is 10.3. The van der Waals surface area contributed by atoms with E-state index >= 15 is 0 Å². The van der Waals surface area contributed by atoms with Crippen LogP contribution in [-0.2, 0) is 26.8 Å². The van der Waals surface area contributed by atoms with Gasteiger partial charge in [-0.25, -0.2) is 16.8 Å². The number of nitrogens with zero attached hydrogens (tertiary/aromatic N) is 1. The molecule has 0 N–H and O–H groups in total. The molecule has 0 saturated carbocycles. The summed E-state index contributed by atoms with van der Waals surface area (Å²) in [5.41, 5.74) is 0.935. The Labute approximate surface area is 149 Å². The van der Waals surface area contributed by atoms with E-state index in [-0.39, 0.29) is 12.8 Å². The van der Waals surface area contributed by atoms with Gasteiger partial charge in [0.2, 0.25) is 5.52 Å². The molecular weight excluding hydrogens is 394 g/mol. The van der Waals surface area contributed by atoms with E-state index in [0.717, 1.165) is 14.6 Å². The quantitative estimate of drug-likeness (QED) is 0.263. The van der Waals surface area contributed by atoms with E-state index < -0.39 is 31.7 Å². The highest BCUT2D eigenvalue weighted by molar-refractivity contribution is 8.01. The second-order valence-electron chi connectivity index (χ2n) is 5.07. The van der Waals surface area contributed by atoms with E-state index in [4.69, 9.17) is 0 Å². The van der Waals surface area contributed by atoms with Gasteiger partial charge >= 0.3 is 0 Å². The Balaban J connectivity index is 2.11. The SMILES string of the molecule is O=S(=O)([O-])CCCSc1sc2ccccc2[n+]1CCCS(=O)(=O)[O-]. The Morgan fingerprint density at radius 1 is 1.00 bits per heavy atom. The zero-order valence-electron chi connectivity index (χ0n) is 12.6. The highest BCUT2D eigenvalue weighted by Gasteiger charge is 2.20. The third-order valence-corrected chi connectivity index (χ3v) is 7.22. The lowest BCUT2D eigenvalue weighted by Crippen LogP contribution is -2.35. The van der Waals surface area contributed by atoms with Gasteiger partial charge in [0.15, 0.2) is 6.54 Å². The summed E-state index contributed by atoms with van der Waals surface area (Å²) in [4.78, 5) is 0. The summed E-state index contributed by atoms with van der Waals surface area (Å²) in [7, 11) is -8.46. The Bertz CT molecular complexity index is 904. The van der Waals surface area contributed by atoms with Gasteiger partial charge in [-0.3, -0.25) is 0 Å². The zero-order valence-corrected chi connectivity index (χ0v) is 15.8. The van der Waals surface area contributed by atoms with Gasteiger partial charge in [0.25, 0.3) is 4.34 Å². The summed E-state index contributed by atoms with van der Waals surface area (Å²) < 4.78 is 68.0. The van der Waals surface area contributed by atoms with E-state index in [0.29, 0.717) is 12.3 Å². The minimum absolute atomic E-state index is 0.208. The van der Waals surface area contributed by atoms with Crippen LogP contribution in [0.25, 0.3) is 10.2 Å². The third-order valence-electron chi connectivity index (χ3n) is 3.11. The van der Waals surface area contributed by atoms with Gasteiger partial charge in [0.05, 0.1) is 20.2 Å². The van der Waals surface area contributed by atoms with Crippen LogP contribution in [0, 0.1) is 0 Å². The van der Waals surface area contributed by atoms with Crippen LogP contribution in [0.15, 0.2) is 28.6 Å². The third kappa shape index (κ3) is 6.30. The van der Waals surface area contributed by atoms with Crippen molar-refractivity contribution in [1.82, 2.24) is 0 Å². The van der Waals surface area contributed by atoms with Crippen LogP contribution in [0.4, 0.5) is 0 Å². The summed E-state index contributed by atoms with van der Waals surface area (Å²) in [5.74, 6) is -0.365. The topological polar surface area (TPSA) is 118 Å². The molecule has 24 heavy (non-hydrogen) atoms. The highest BCUT2D eigenvalue weighted by Crippen LogP contribution is 2.28. The van der Waals surface area contributed by atoms with Crippen molar-refractivity contribution in [3.8, 4) is 0 Å². The minimum Gasteiger partial charge on any atom is -0.748 e. The fraction of sp³-hybridized carbons (Fsp3) is 0.462. The van der Waals surface area contributed by atoms with E-state index in [1.807, 2.05) is 28.8 Å². The Hall–Kier alpha value is -0.720. The average Bonchev–Trinajstić information content (AvgIpc) is 2.80. The standard InChI is InChI=1S/C13H17NO6S4/c15-23(16,17)9-3-7-14-11-5-1-2-6-12(11)22-13(14)21-8-4-10-24(18,19)20/h1-2,5-6H,3-4,7-10H2,(H-,15,16,17,18,19,20)/p-1. The number of thiazole rings is 1. The molecule has 7 nitrogen and oxygen atoms in total. The van der Waals surface area contributed by atoms with Crippen molar-refractivity contribution in [2.24, 2.45) is 0 Å². The number of hydrogen-bond donors (Lipinski definition) is 0. The van der Waals surface area contributed by atoms with Crippen molar-refractivity contribution >= 4 is 53.6 Å². The molecule has 0 radical (unpaired) electrons.